The fourth-order valence-corrected chi connectivity index (χ4v) is 2.48. The van der Waals surface area contributed by atoms with Crippen LogP contribution in [0.1, 0.15) is 17.0 Å². The summed E-state index contributed by atoms with van der Waals surface area (Å²) in [5, 5.41) is 0. The predicted octanol–water partition coefficient (Wildman–Crippen LogP) is 1.20. The quantitative estimate of drug-likeness (QED) is 0.701. The second-order valence-electron chi connectivity index (χ2n) is 5.91. The van der Waals surface area contributed by atoms with Crippen LogP contribution in [0.15, 0.2) is 12.1 Å². The van der Waals surface area contributed by atoms with Crippen molar-refractivity contribution in [3.05, 3.63) is 29.1 Å². The Hall–Kier alpha value is -0.970. The monoisotopic (exact) mass is 262 g/mol. The fourth-order valence-electron chi connectivity index (χ4n) is 2.48. The molecule has 0 spiro atoms. The molecule has 2 heterocycles. The smallest absolute Gasteiger partial charge is 0.0550 e. The third-order valence-electron chi connectivity index (χ3n) is 3.67. The van der Waals surface area contributed by atoms with Crippen LogP contribution in [0, 0.1) is 6.92 Å². The molecular formula is C15H26N4. The van der Waals surface area contributed by atoms with Crippen LogP contribution in [0.5, 0.6) is 0 Å². The van der Waals surface area contributed by atoms with Crippen molar-refractivity contribution in [3.63, 3.8) is 0 Å². The molecule has 0 atom stereocenters. The van der Waals surface area contributed by atoms with Crippen LogP contribution >= 0.6 is 0 Å². The molecule has 19 heavy (non-hydrogen) atoms. The molecule has 1 aliphatic rings. The molecule has 4 nitrogen and oxygen atoms in total. The Morgan fingerprint density at radius 1 is 0.789 bits per heavy atom. The number of likely N-dealkylation sites (N-methyl/N-ethyl adjacent to an activating group) is 3. The first-order chi connectivity index (χ1) is 9.02. The molecule has 0 aliphatic carbocycles. The van der Waals surface area contributed by atoms with E-state index in [1.165, 1.54) is 17.0 Å². The topological polar surface area (TPSA) is 22.6 Å². The Kier molecular flexibility index (Phi) is 4.91. The largest absolute Gasteiger partial charge is 0.304 e. The van der Waals surface area contributed by atoms with E-state index in [4.69, 9.17) is 4.98 Å². The van der Waals surface area contributed by atoms with E-state index < -0.39 is 0 Å². The summed E-state index contributed by atoms with van der Waals surface area (Å²) in [5.74, 6) is 0. The Labute approximate surface area is 117 Å². The lowest BCUT2D eigenvalue weighted by Crippen LogP contribution is -2.36. The van der Waals surface area contributed by atoms with Crippen LogP contribution in [0.3, 0.4) is 0 Å². The number of pyridine rings is 1. The first-order valence-electron chi connectivity index (χ1n) is 7.05. The van der Waals surface area contributed by atoms with Crippen LogP contribution < -0.4 is 0 Å². The van der Waals surface area contributed by atoms with Gasteiger partial charge in [0.25, 0.3) is 0 Å². The molecule has 1 aromatic rings. The molecule has 1 aromatic heterocycles. The maximum Gasteiger partial charge on any atom is 0.0550 e. The van der Waals surface area contributed by atoms with E-state index in [0.29, 0.717) is 0 Å². The standard InChI is InChI=1S/C15H26N4/c1-13-9-14-11-18(3)7-5-17(2)6-8-19(4)12-15(10-13)16-14/h9-10H,5-8,11-12H2,1-4H3. The predicted molar refractivity (Wildman–Crippen MR) is 79.1 cm³/mol. The van der Waals surface area contributed by atoms with Gasteiger partial charge in [-0.25, -0.2) is 0 Å². The summed E-state index contributed by atoms with van der Waals surface area (Å²) in [6.07, 6.45) is 0. The van der Waals surface area contributed by atoms with Crippen LogP contribution in [0.4, 0.5) is 0 Å². The van der Waals surface area contributed by atoms with E-state index >= 15 is 0 Å². The fraction of sp³-hybridized carbons (Fsp3) is 0.667. The molecule has 2 bridgehead atoms. The van der Waals surface area contributed by atoms with Crippen molar-refractivity contribution >= 4 is 0 Å². The zero-order chi connectivity index (χ0) is 13.8. The van der Waals surface area contributed by atoms with Gasteiger partial charge in [0.05, 0.1) is 11.4 Å². The molecule has 2 rings (SSSR count). The van der Waals surface area contributed by atoms with Crippen molar-refractivity contribution < 1.29 is 0 Å². The summed E-state index contributed by atoms with van der Waals surface area (Å²) in [4.78, 5) is 11.9. The molecule has 0 radical (unpaired) electrons. The molecule has 0 fully saturated rings. The number of rotatable bonds is 0. The van der Waals surface area contributed by atoms with Crippen LogP contribution in [-0.2, 0) is 13.1 Å². The summed E-state index contributed by atoms with van der Waals surface area (Å²) < 4.78 is 0. The van der Waals surface area contributed by atoms with Gasteiger partial charge in [0.2, 0.25) is 0 Å². The van der Waals surface area contributed by atoms with Crippen molar-refractivity contribution in [3.8, 4) is 0 Å². The number of nitrogens with zero attached hydrogens (tertiary/aromatic N) is 4. The highest BCUT2D eigenvalue weighted by molar-refractivity contribution is 5.20. The molecule has 0 aromatic carbocycles. The van der Waals surface area contributed by atoms with Crippen molar-refractivity contribution in [2.24, 2.45) is 0 Å². The summed E-state index contributed by atoms with van der Waals surface area (Å²) >= 11 is 0. The molecule has 0 saturated heterocycles. The van der Waals surface area contributed by atoms with Crippen LogP contribution in [-0.4, -0.2) is 67.0 Å². The van der Waals surface area contributed by atoms with Crippen molar-refractivity contribution in [2.45, 2.75) is 20.0 Å². The highest BCUT2D eigenvalue weighted by atomic mass is 15.2. The summed E-state index contributed by atoms with van der Waals surface area (Å²) in [5.41, 5.74) is 3.69. The van der Waals surface area contributed by atoms with Gasteiger partial charge in [-0.3, -0.25) is 14.8 Å². The van der Waals surface area contributed by atoms with Crippen molar-refractivity contribution in [2.75, 3.05) is 47.3 Å². The van der Waals surface area contributed by atoms with Gasteiger partial charge >= 0.3 is 0 Å². The van der Waals surface area contributed by atoms with Crippen LogP contribution in [0.2, 0.25) is 0 Å². The lowest BCUT2D eigenvalue weighted by Gasteiger charge is -2.26. The van der Waals surface area contributed by atoms with E-state index in [-0.39, 0.29) is 0 Å². The van der Waals surface area contributed by atoms with Crippen LogP contribution in [0.25, 0.3) is 0 Å². The van der Waals surface area contributed by atoms with Gasteiger partial charge in [-0.1, -0.05) is 0 Å². The maximum atomic E-state index is 4.79. The third-order valence-corrected chi connectivity index (χ3v) is 3.67. The average molecular weight is 262 g/mol. The SMILES string of the molecule is Cc1cc2nc(c1)CN(C)CCN(C)CCN(C)C2. The summed E-state index contributed by atoms with van der Waals surface area (Å²) in [6.45, 7) is 8.44. The van der Waals surface area contributed by atoms with Gasteiger partial charge in [0.15, 0.2) is 0 Å². The van der Waals surface area contributed by atoms with Crippen molar-refractivity contribution in [1.29, 1.82) is 0 Å². The zero-order valence-corrected chi connectivity index (χ0v) is 12.7. The number of fused-ring (bicyclic) bond motifs is 2. The lowest BCUT2D eigenvalue weighted by atomic mass is 10.2. The Morgan fingerprint density at radius 2 is 1.21 bits per heavy atom. The molecule has 4 heteroatoms. The van der Waals surface area contributed by atoms with Gasteiger partial charge in [-0.2, -0.15) is 0 Å². The van der Waals surface area contributed by atoms with E-state index in [1.807, 2.05) is 0 Å². The van der Waals surface area contributed by atoms with E-state index in [9.17, 15) is 0 Å². The number of aromatic nitrogens is 1. The minimum absolute atomic E-state index is 0.937. The first kappa shape index (κ1) is 14.4. The van der Waals surface area contributed by atoms with Gasteiger partial charge in [0, 0.05) is 39.3 Å². The minimum atomic E-state index is 0.937. The highest BCUT2D eigenvalue weighted by Crippen LogP contribution is 2.10. The van der Waals surface area contributed by atoms with E-state index in [1.54, 1.807) is 0 Å². The van der Waals surface area contributed by atoms with Crippen molar-refractivity contribution in [1.82, 2.24) is 19.7 Å². The highest BCUT2D eigenvalue weighted by Gasteiger charge is 2.10. The minimum Gasteiger partial charge on any atom is -0.304 e. The van der Waals surface area contributed by atoms with Gasteiger partial charge in [-0.05, 0) is 45.8 Å². The van der Waals surface area contributed by atoms with Gasteiger partial charge in [0.1, 0.15) is 0 Å². The normalized spacial score (nSPS) is 20.8. The summed E-state index contributed by atoms with van der Waals surface area (Å²) in [7, 11) is 6.56. The van der Waals surface area contributed by atoms with Gasteiger partial charge < -0.3 is 4.90 Å². The molecule has 0 N–H and O–H groups in total. The zero-order valence-electron chi connectivity index (χ0n) is 12.7. The van der Waals surface area contributed by atoms with E-state index in [0.717, 1.165) is 39.3 Å². The van der Waals surface area contributed by atoms with Gasteiger partial charge in [-0.15, -0.1) is 0 Å². The molecule has 0 amide bonds. The molecule has 106 valence electrons. The van der Waals surface area contributed by atoms with E-state index in [2.05, 4.69) is 54.9 Å². The second kappa shape index (κ2) is 6.46. The summed E-state index contributed by atoms with van der Waals surface area (Å²) in [6, 6.07) is 4.41. The first-order valence-corrected chi connectivity index (χ1v) is 7.05. The Morgan fingerprint density at radius 3 is 1.68 bits per heavy atom. The number of hydrogen-bond acceptors (Lipinski definition) is 4. The lowest BCUT2D eigenvalue weighted by molar-refractivity contribution is 0.215. The molecule has 1 aliphatic heterocycles. The maximum absolute atomic E-state index is 4.79. The molecule has 0 unspecified atom stereocenters. The number of aryl methyl sites for hydroxylation is 1. The Balaban J connectivity index is 2.19. The average Bonchev–Trinajstić information content (AvgIpc) is 2.32. The number of hydrogen-bond donors (Lipinski definition) is 0. The molecule has 0 saturated carbocycles. The molecular weight excluding hydrogens is 236 g/mol. The Bertz CT molecular complexity index is 384. The second-order valence-corrected chi connectivity index (χ2v) is 5.91. The third kappa shape index (κ3) is 4.56.